The van der Waals surface area contributed by atoms with Crippen LogP contribution >= 0.6 is 0 Å². The van der Waals surface area contributed by atoms with Crippen LogP contribution in [0.1, 0.15) is 0 Å². The Labute approximate surface area is 415 Å². The second kappa shape index (κ2) is 1190. The molecule has 0 aromatic heterocycles. The number of rotatable bonds is 0. The summed E-state index contributed by atoms with van der Waals surface area (Å²) >= 11 is 0. The quantitative estimate of drug-likeness (QED) is 0.218. The van der Waals surface area contributed by atoms with Crippen LogP contribution in [0.4, 0.5) is 0 Å². The molecule has 0 bridgehead atoms. The van der Waals surface area contributed by atoms with Gasteiger partial charge in [-0.05, 0) is 0 Å². The summed E-state index contributed by atoms with van der Waals surface area (Å²) in [7, 11) is 0. The van der Waals surface area contributed by atoms with Gasteiger partial charge < -0.3 is 110 Å². The summed E-state index contributed by atoms with van der Waals surface area (Å²) in [5.41, 5.74) is 0. The van der Waals surface area contributed by atoms with E-state index in [1.165, 1.54) is 0 Å². The number of hydrogen-bond acceptors (Lipinski definition) is 0. The maximum atomic E-state index is 0. The van der Waals surface area contributed by atoms with E-state index >= 15 is 0 Å². The van der Waals surface area contributed by atoms with Gasteiger partial charge in [0.2, 0.25) is 0 Å². The van der Waals surface area contributed by atoms with Gasteiger partial charge in [-0.1, -0.05) is 0 Å². The van der Waals surface area contributed by atoms with Crippen molar-refractivity contribution in [2.45, 2.75) is 0 Å². The van der Waals surface area contributed by atoms with Crippen molar-refractivity contribution >= 4 is 0 Å². The van der Waals surface area contributed by atoms with Gasteiger partial charge in [0.05, 0.1) is 0 Å². The molecule has 0 saturated heterocycles. The van der Waals surface area contributed by atoms with Gasteiger partial charge in [0.1, 0.15) is 0 Å². The monoisotopic (exact) mass is 1300 g/mol. The molecule has 268 valence electrons. The van der Waals surface area contributed by atoms with Crippen molar-refractivity contribution in [3.63, 3.8) is 0 Å². The summed E-state index contributed by atoms with van der Waals surface area (Å²) in [6.45, 7) is 0. The van der Waals surface area contributed by atoms with Gasteiger partial charge in [-0.2, -0.15) is 0 Å². The Bertz CT molecular complexity index is 37.9. The summed E-state index contributed by atoms with van der Waals surface area (Å²) in [4.78, 5) is 0. The fraction of sp³-hybridized carbons (Fsp3) is 0. The fourth-order valence-corrected chi connectivity index (χ4v) is 0. The van der Waals surface area contributed by atoms with Gasteiger partial charge in [0.25, 0.3) is 0 Å². The minimum atomic E-state index is 0. The second-order valence-corrected chi connectivity index (χ2v) is 0. The molecule has 0 heterocycles. The molecule has 0 fully saturated rings. The predicted octanol–water partition coefficient (Wildman–Crippen LogP) is -16.5. The first-order valence-electron chi connectivity index (χ1n) is 0. The average molecular weight is 1300 g/mol. The van der Waals surface area contributed by atoms with Gasteiger partial charge >= 0.3 is 0 Å². The Balaban J connectivity index is 0. The molecule has 38 heteroatoms. The Morgan fingerprint density at radius 2 is 0.0526 bits per heavy atom. The molecular formula is H40Cr18O20. The zero-order valence-electron chi connectivity index (χ0n) is 17.3. The summed E-state index contributed by atoms with van der Waals surface area (Å²) in [6, 6.07) is 0. The van der Waals surface area contributed by atoms with Crippen LogP contribution in [0.15, 0.2) is 0 Å². The van der Waals surface area contributed by atoms with Crippen LogP contribution in [0.3, 0.4) is 0 Å². The maximum Gasteiger partial charge on any atom is 0 e. The van der Waals surface area contributed by atoms with E-state index in [1.54, 1.807) is 0 Å². The van der Waals surface area contributed by atoms with Crippen molar-refractivity contribution in [2.24, 2.45) is 0 Å². The molecule has 40 N–H and O–H groups in total. The summed E-state index contributed by atoms with van der Waals surface area (Å²) in [5, 5.41) is 0. The molecule has 0 radical (unpaired) electrons. The van der Waals surface area contributed by atoms with Crippen LogP contribution in [0.25, 0.3) is 0 Å². The third kappa shape index (κ3) is 1110. The molecule has 0 spiro atoms. The molecule has 0 amide bonds. The molecule has 0 aliphatic carbocycles. The minimum Gasteiger partial charge on any atom is -0.412 e. The maximum absolute atomic E-state index is 0. The van der Waals surface area contributed by atoms with E-state index in [0.717, 1.165) is 0 Å². The first kappa shape index (κ1) is 1270. The van der Waals surface area contributed by atoms with E-state index in [0.29, 0.717) is 0 Å². The van der Waals surface area contributed by atoms with E-state index in [2.05, 4.69) is 0 Å². The average Bonchev–Trinajstić information content (AvgIpc) is 0. The second-order valence-electron chi connectivity index (χ2n) is 0. The third-order valence-corrected chi connectivity index (χ3v) is 0. The normalized spacial score (nSPS) is 0. The van der Waals surface area contributed by atoms with E-state index in [-0.39, 0.29) is 422 Å². The van der Waals surface area contributed by atoms with E-state index in [4.69, 9.17) is 0 Å². The largest absolute Gasteiger partial charge is 0.412 e. The number of hydrogen-bond donors (Lipinski definition) is 0. The Kier molecular flexibility index (Phi) is 39800. The van der Waals surface area contributed by atoms with Crippen LogP contribution in [-0.2, 0) is 312 Å². The molecule has 0 atom stereocenters. The Hall–Kier alpha value is 8.78. The van der Waals surface area contributed by atoms with E-state index in [1.807, 2.05) is 0 Å². The van der Waals surface area contributed by atoms with Crippen molar-refractivity contribution in [3.05, 3.63) is 0 Å². The van der Waals surface area contributed by atoms with E-state index in [9.17, 15) is 0 Å². The molecular weight excluding hydrogens is 1260 g/mol. The predicted molar refractivity (Wildman–Crippen MR) is 72.3 cm³/mol. The zero-order valence-corrected chi connectivity index (χ0v) is 40.3. The van der Waals surface area contributed by atoms with Crippen molar-refractivity contribution < 1.29 is 422 Å². The van der Waals surface area contributed by atoms with E-state index < -0.39 is 0 Å². The molecule has 0 aliphatic rings. The minimum absolute atomic E-state index is 0. The molecule has 0 rings (SSSR count). The van der Waals surface area contributed by atoms with Gasteiger partial charge in [-0.3, -0.25) is 0 Å². The standard InChI is InChI=1S/18Cr.20H2O/h;;;;;;;;;;;;;;;;;;20*1H2. The van der Waals surface area contributed by atoms with Crippen molar-refractivity contribution in [3.8, 4) is 0 Å². The van der Waals surface area contributed by atoms with Crippen LogP contribution in [0.5, 0.6) is 0 Å². The molecule has 20 nitrogen and oxygen atoms in total. The first-order chi connectivity index (χ1) is 0. The Morgan fingerprint density at radius 1 is 0.0526 bits per heavy atom. The van der Waals surface area contributed by atoms with Crippen LogP contribution < -0.4 is 0 Å². The Morgan fingerprint density at radius 3 is 0.0526 bits per heavy atom. The summed E-state index contributed by atoms with van der Waals surface area (Å²) < 4.78 is 0. The van der Waals surface area contributed by atoms with Gasteiger partial charge in [-0.15, -0.1) is 0 Å². The van der Waals surface area contributed by atoms with Gasteiger partial charge in [0, 0.05) is 312 Å². The molecule has 0 aliphatic heterocycles. The zero-order chi connectivity index (χ0) is 0. The molecule has 0 aromatic carbocycles. The SMILES string of the molecule is O.O.O.O.O.O.O.O.O.O.O.O.O.O.O.O.O.O.O.O.[Cr].[Cr].[Cr].[Cr].[Cr].[Cr].[Cr].[Cr].[Cr].[Cr].[Cr].[Cr].[Cr].[Cr].[Cr].[Cr].[Cr].[Cr]. The van der Waals surface area contributed by atoms with Crippen LogP contribution in [-0.4, -0.2) is 110 Å². The third-order valence-electron chi connectivity index (χ3n) is 0. The first-order valence-corrected chi connectivity index (χ1v) is 0. The van der Waals surface area contributed by atoms with Gasteiger partial charge in [-0.25, -0.2) is 0 Å². The molecule has 0 aromatic rings. The molecule has 0 unspecified atom stereocenters. The van der Waals surface area contributed by atoms with Crippen molar-refractivity contribution in [2.75, 3.05) is 0 Å². The van der Waals surface area contributed by atoms with Crippen molar-refractivity contribution in [1.82, 2.24) is 0 Å². The fourth-order valence-electron chi connectivity index (χ4n) is 0. The van der Waals surface area contributed by atoms with Crippen molar-refractivity contribution in [1.29, 1.82) is 0 Å². The smallest absolute Gasteiger partial charge is 0 e. The topological polar surface area (TPSA) is 630 Å². The molecule has 38 heavy (non-hydrogen) atoms. The van der Waals surface area contributed by atoms with Gasteiger partial charge in [0.15, 0.2) is 0 Å². The molecule has 0 saturated carbocycles. The summed E-state index contributed by atoms with van der Waals surface area (Å²) in [6.07, 6.45) is 0. The van der Waals surface area contributed by atoms with Crippen LogP contribution in [0, 0.1) is 0 Å². The van der Waals surface area contributed by atoms with Crippen LogP contribution in [0.2, 0.25) is 0 Å². The summed E-state index contributed by atoms with van der Waals surface area (Å²) in [5.74, 6) is 0.